The highest BCUT2D eigenvalue weighted by Gasteiger charge is 2.36. The standard InChI is InChI=1S/C17H32N4O3.2ClH/c1-17(2,12-18)13-19(3)16(23)14-10-15(22)21(11-14)5-4-20-6-8-24-9-7-20;;/h14H,4-13,18H2,1-3H3;2*1H. The van der Waals surface area contributed by atoms with Crippen LogP contribution in [0.4, 0.5) is 0 Å². The number of morpholine rings is 1. The maximum absolute atomic E-state index is 12.6. The lowest BCUT2D eigenvalue weighted by Gasteiger charge is -2.31. The average molecular weight is 413 g/mol. The summed E-state index contributed by atoms with van der Waals surface area (Å²) in [5, 5.41) is 0. The number of hydrogen-bond acceptors (Lipinski definition) is 5. The number of nitrogens with two attached hydrogens (primary N) is 1. The Hall–Kier alpha value is -0.600. The maximum Gasteiger partial charge on any atom is 0.227 e. The topological polar surface area (TPSA) is 79.1 Å². The predicted octanol–water partition coefficient (Wildman–Crippen LogP) is 0.454. The molecule has 2 saturated heterocycles. The second-order valence-electron chi connectivity index (χ2n) is 7.76. The van der Waals surface area contributed by atoms with E-state index in [-0.39, 0.29) is 48.0 Å². The Labute approximate surface area is 169 Å². The lowest BCUT2D eigenvalue weighted by molar-refractivity contribution is -0.135. The van der Waals surface area contributed by atoms with E-state index >= 15 is 0 Å². The Morgan fingerprint density at radius 2 is 1.88 bits per heavy atom. The molecule has 2 amide bonds. The van der Waals surface area contributed by atoms with Gasteiger partial charge in [0.05, 0.1) is 19.1 Å². The van der Waals surface area contributed by atoms with E-state index in [1.165, 1.54) is 0 Å². The van der Waals surface area contributed by atoms with Crippen LogP contribution >= 0.6 is 24.8 Å². The highest BCUT2D eigenvalue weighted by Crippen LogP contribution is 2.22. The van der Waals surface area contributed by atoms with Gasteiger partial charge in [-0.2, -0.15) is 0 Å². The maximum atomic E-state index is 12.6. The van der Waals surface area contributed by atoms with E-state index < -0.39 is 0 Å². The largest absolute Gasteiger partial charge is 0.379 e. The summed E-state index contributed by atoms with van der Waals surface area (Å²) >= 11 is 0. The van der Waals surface area contributed by atoms with E-state index in [9.17, 15) is 9.59 Å². The molecular formula is C17H34Cl2N4O3. The first-order valence-electron chi connectivity index (χ1n) is 8.85. The van der Waals surface area contributed by atoms with Crippen LogP contribution in [0.1, 0.15) is 20.3 Å². The summed E-state index contributed by atoms with van der Waals surface area (Å²) in [6.45, 7) is 10.7. The van der Waals surface area contributed by atoms with Gasteiger partial charge in [-0.05, 0) is 12.0 Å². The molecule has 0 aromatic carbocycles. The summed E-state index contributed by atoms with van der Waals surface area (Å²) in [4.78, 5) is 30.7. The van der Waals surface area contributed by atoms with Gasteiger partial charge in [-0.15, -0.1) is 24.8 Å². The minimum absolute atomic E-state index is 0. The zero-order valence-electron chi connectivity index (χ0n) is 16.1. The zero-order chi connectivity index (χ0) is 17.7. The second-order valence-corrected chi connectivity index (χ2v) is 7.76. The van der Waals surface area contributed by atoms with Crippen LogP contribution in [0.2, 0.25) is 0 Å². The van der Waals surface area contributed by atoms with E-state index in [4.69, 9.17) is 10.5 Å². The SMILES string of the molecule is CN(CC(C)(C)CN)C(=O)C1CC(=O)N(CCN2CCOCC2)C1.Cl.Cl. The number of carbonyl (C=O) groups excluding carboxylic acids is 2. The third kappa shape index (κ3) is 7.19. The molecule has 2 aliphatic rings. The van der Waals surface area contributed by atoms with E-state index in [1.54, 1.807) is 11.9 Å². The number of amides is 2. The molecule has 0 radical (unpaired) electrons. The Morgan fingerprint density at radius 3 is 2.46 bits per heavy atom. The third-order valence-electron chi connectivity index (χ3n) is 4.95. The molecule has 2 rings (SSSR count). The first kappa shape index (κ1) is 25.4. The van der Waals surface area contributed by atoms with E-state index in [1.807, 2.05) is 18.7 Å². The van der Waals surface area contributed by atoms with Gasteiger partial charge in [0.25, 0.3) is 0 Å². The number of carbonyl (C=O) groups is 2. The molecule has 9 heteroatoms. The van der Waals surface area contributed by atoms with Crippen LogP contribution in [0.25, 0.3) is 0 Å². The third-order valence-corrected chi connectivity index (χ3v) is 4.95. The van der Waals surface area contributed by atoms with Crippen LogP contribution in [-0.4, -0.2) is 92.6 Å². The van der Waals surface area contributed by atoms with Gasteiger partial charge in [0.1, 0.15) is 0 Å². The fourth-order valence-electron chi connectivity index (χ4n) is 3.34. The highest BCUT2D eigenvalue weighted by molar-refractivity contribution is 5.89. The number of hydrogen-bond donors (Lipinski definition) is 1. The molecule has 1 unspecified atom stereocenters. The first-order chi connectivity index (χ1) is 11.3. The average Bonchev–Trinajstić information content (AvgIpc) is 2.93. The van der Waals surface area contributed by atoms with Gasteiger partial charge in [-0.3, -0.25) is 14.5 Å². The quantitative estimate of drug-likeness (QED) is 0.656. The Bertz CT molecular complexity index is 459. The van der Waals surface area contributed by atoms with Crippen molar-refractivity contribution >= 4 is 36.6 Å². The highest BCUT2D eigenvalue weighted by atomic mass is 35.5. The molecule has 0 aliphatic carbocycles. The van der Waals surface area contributed by atoms with Gasteiger partial charge >= 0.3 is 0 Å². The molecule has 154 valence electrons. The number of ether oxygens (including phenoxy) is 1. The number of rotatable bonds is 7. The molecule has 0 saturated carbocycles. The van der Waals surface area contributed by atoms with Crippen molar-refractivity contribution in [3.8, 4) is 0 Å². The van der Waals surface area contributed by atoms with Crippen molar-refractivity contribution in [1.29, 1.82) is 0 Å². The normalized spacial score (nSPS) is 21.2. The molecule has 2 N–H and O–H groups in total. The van der Waals surface area contributed by atoms with Crippen molar-refractivity contribution in [2.75, 3.05) is 66.1 Å². The molecule has 0 bridgehead atoms. The fourth-order valence-corrected chi connectivity index (χ4v) is 3.34. The Kier molecular flexibility index (Phi) is 11.0. The predicted molar refractivity (Wildman–Crippen MR) is 107 cm³/mol. The van der Waals surface area contributed by atoms with Crippen LogP contribution in [-0.2, 0) is 14.3 Å². The molecule has 1 atom stereocenters. The van der Waals surface area contributed by atoms with Crippen molar-refractivity contribution in [2.45, 2.75) is 20.3 Å². The molecule has 0 spiro atoms. The molecule has 2 aliphatic heterocycles. The van der Waals surface area contributed by atoms with Crippen molar-refractivity contribution in [3.63, 3.8) is 0 Å². The number of halogens is 2. The van der Waals surface area contributed by atoms with Crippen LogP contribution in [0.3, 0.4) is 0 Å². The molecule has 0 aromatic rings. The van der Waals surface area contributed by atoms with Gasteiger partial charge in [0.15, 0.2) is 0 Å². The first-order valence-corrected chi connectivity index (χ1v) is 8.85. The summed E-state index contributed by atoms with van der Waals surface area (Å²) in [7, 11) is 1.81. The summed E-state index contributed by atoms with van der Waals surface area (Å²) in [5.41, 5.74) is 5.64. The second kappa shape index (κ2) is 11.3. The molecular weight excluding hydrogens is 379 g/mol. The van der Waals surface area contributed by atoms with E-state index in [0.717, 1.165) is 32.8 Å². The minimum atomic E-state index is -0.222. The summed E-state index contributed by atoms with van der Waals surface area (Å²) in [5.74, 6) is -0.0763. The Balaban J connectivity index is 0.00000312. The van der Waals surface area contributed by atoms with Crippen molar-refractivity contribution in [1.82, 2.24) is 14.7 Å². The van der Waals surface area contributed by atoms with Gasteiger partial charge in [-0.1, -0.05) is 13.8 Å². The van der Waals surface area contributed by atoms with Crippen molar-refractivity contribution < 1.29 is 14.3 Å². The molecule has 0 aromatic heterocycles. The fraction of sp³-hybridized carbons (Fsp3) is 0.882. The summed E-state index contributed by atoms with van der Waals surface area (Å²) in [6, 6.07) is 0. The lowest BCUT2D eigenvalue weighted by atomic mass is 9.92. The molecule has 26 heavy (non-hydrogen) atoms. The van der Waals surface area contributed by atoms with Crippen LogP contribution in [0.5, 0.6) is 0 Å². The van der Waals surface area contributed by atoms with Crippen LogP contribution in [0.15, 0.2) is 0 Å². The van der Waals surface area contributed by atoms with Gasteiger partial charge in [-0.25, -0.2) is 0 Å². The molecule has 2 heterocycles. The lowest BCUT2D eigenvalue weighted by Crippen LogP contribution is -2.43. The van der Waals surface area contributed by atoms with E-state index in [0.29, 0.717) is 32.6 Å². The molecule has 7 nitrogen and oxygen atoms in total. The van der Waals surface area contributed by atoms with Gasteiger partial charge in [0, 0.05) is 52.7 Å². The van der Waals surface area contributed by atoms with Gasteiger partial charge < -0.3 is 20.3 Å². The monoisotopic (exact) mass is 412 g/mol. The van der Waals surface area contributed by atoms with Gasteiger partial charge in [0.2, 0.25) is 11.8 Å². The van der Waals surface area contributed by atoms with Crippen molar-refractivity contribution in [2.24, 2.45) is 17.1 Å². The van der Waals surface area contributed by atoms with E-state index in [2.05, 4.69) is 4.90 Å². The van der Waals surface area contributed by atoms with Crippen LogP contribution < -0.4 is 5.73 Å². The molecule has 2 fully saturated rings. The van der Waals surface area contributed by atoms with Crippen molar-refractivity contribution in [3.05, 3.63) is 0 Å². The minimum Gasteiger partial charge on any atom is -0.379 e. The number of nitrogens with zero attached hydrogens (tertiary/aromatic N) is 3. The summed E-state index contributed by atoms with van der Waals surface area (Å²) < 4.78 is 5.34. The Morgan fingerprint density at radius 1 is 1.27 bits per heavy atom. The van der Waals surface area contributed by atoms with Crippen LogP contribution in [0, 0.1) is 11.3 Å². The number of likely N-dealkylation sites (tertiary alicyclic amines) is 1. The zero-order valence-corrected chi connectivity index (χ0v) is 17.7. The smallest absolute Gasteiger partial charge is 0.227 e. The summed E-state index contributed by atoms with van der Waals surface area (Å²) in [6.07, 6.45) is 0.329.